The predicted octanol–water partition coefficient (Wildman–Crippen LogP) is 6.44. The third-order valence-corrected chi connectivity index (χ3v) is 6.66. The van der Waals surface area contributed by atoms with Crippen molar-refractivity contribution in [1.82, 2.24) is 4.98 Å². The first-order valence-electron chi connectivity index (χ1n) is 10.8. The van der Waals surface area contributed by atoms with Crippen LogP contribution in [-0.2, 0) is 12.0 Å². The van der Waals surface area contributed by atoms with E-state index in [0.29, 0.717) is 0 Å². The molecule has 1 aliphatic rings. The van der Waals surface area contributed by atoms with Gasteiger partial charge in [0.1, 0.15) is 17.9 Å². The van der Waals surface area contributed by atoms with Crippen molar-refractivity contribution < 1.29 is 4.57 Å². The second kappa shape index (κ2) is 7.53. The van der Waals surface area contributed by atoms with Gasteiger partial charge in [0.15, 0.2) is 6.20 Å². The van der Waals surface area contributed by atoms with Gasteiger partial charge in [-0.05, 0) is 23.5 Å². The summed E-state index contributed by atoms with van der Waals surface area (Å²) < 4.78 is 2.44. The van der Waals surface area contributed by atoms with E-state index < -0.39 is 0 Å². The molecule has 0 bridgehead atoms. The fourth-order valence-electron chi connectivity index (χ4n) is 4.64. The summed E-state index contributed by atoms with van der Waals surface area (Å²) in [4.78, 5) is 5.22. The molecule has 2 heterocycles. The largest absolute Gasteiger partial charge is 0.239 e. The van der Waals surface area contributed by atoms with Crippen molar-refractivity contribution in [2.45, 2.75) is 38.6 Å². The van der Waals surface area contributed by atoms with Crippen molar-refractivity contribution in [1.29, 1.82) is 0 Å². The molecule has 0 amide bonds. The Labute approximate surface area is 178 Å². The summed E-state index contributed by atoms with van der Waals surface area (Å²) in [5.74, 6) is 0. The second-order valence-electron chi connectivity index (χ2n) is 8.46. The number of hydrogen-bond donors (Lipinski definition) is 0. The minimum absolute atomic E-state index is 0.156. The Bertz CT molecular complexity index is 1180. The van der Waals surface area contributed by atoms with Crippen LogP contribution in [0.3, 0.4) is 0 Å². The van der Waals surface area contributed by atoms with Crippen LogP contribution in [0.4, 0.5) is 0 Å². The van der Waals surface area contributed by atoms with Crippen LogP contribution in [0.25, 0.3) is 33.8 Å². The molecule has 1 atom stereocenters. The van der Waals surface area contributed by atoms with Crippen LogP contribution in [0.5, 0.6) is 0 Å². The molecule has 3 aromatic carbocycles. The van der Waals surface area contributed by atoms with Crippen molar-refractivity contribution in [3.8, 4) is 33.8 Å². The molecule has 0 spiro atoms. The van der Waals surface area contributed by atoms with Gasteiger partial charge < -0.3 is 0 Å². The van der Waals surface area contributed by atoms with Crippen molar-refractivity contribution in [3.05, 3.63) is 96.7 Å². The fraction of sp³-hybridized carbons (Fsp3) is 0.214. The highest BCUT2D eigenvalue weighted by Crippen LogP contribution is 2.42. The smallest absolute Gasteiger partial charge is 0.234 e. The van der Waals surface area contributed by atoms with Crippen molar-refractivity contribution in [2.75, 3.05) is 0 Å². The second-order valence-corrected chi connectivity index (χ2v) is 8.46. The number of nitrogens with zero attached hydrogens (tertiary/aromatic N) is 2. The van der Waals surface area contributed by atoms with E-state index in [1.807, 2.05) is 0 Å². The van der Waals surface area contributed by atoms with Gasteiger partial charge in [-0.2, -0.15) is 4.57 Å². The highest BCUT2D eigenvalue weighted by atomic mass is 15.0. The van der Waals surface area contributed by atoms with Gasteiger partial charge in [0, 0.05) is 17.5 Å². The molecular weight excluding hydrogens is 364 g/mol. The molecule has 1 unspecified atom stereocenters. The minimum Gasteiger partial charge on any atom is -0.234 e. The molecule has 0 saturated heterocycles. The normalized spacial score (nSPS) is 17.7. The molecule has 1 aromatic heterocycles. The van der Waals surface area contributed by atoms with E-state index in [1.54, 1.807) is 0 Å². The zero-order valence-electron chi connectivity index (χ0n) is 17.7. The van der Waals surface area contributed by atoms with E-state index in [2.05, 4.69) is 110 Å². The Hall–Kier alpha value is -3.26. The van der Waals surface area contributed by atoms with Gasteiger partial charge in [-0.1, -0.05) is 92.7 Å². The minimum atomic E-state index is 0.156. The zero-order valence-corrected chi connectivity index (χ0v) is 17.7. The van der Waals surface area contributed by atoms with E-state index in [0.717, 1.165) is 41.9 Å². The van der Waals surface area contributed by atoms with Crippen LogP contribution >= 0.6 is 0 Å². The third kappa shape index (κ3) is 3.13. The molecule has 0 aliphatic carbocycles. The van der Waals surface area contributed by atoms with Crippen LogP contribution in [0, 0.1) is 0 Å². The van der Waals surface area contributed by atoms with Gasteiger partial charge in [0.2, 0.25) is 5.69 Å². The van der Waals surface area contributed by atoms with E-state index in [1.165, 1.54) is 16.8 Å². The summed E-state index contributed by atoms with van der Waals surface area (Å²) in [7, 11) is 0. The van der Waals surface area contributed by atoms with Gasteiger partial charge in [0.25, 0.3) is 0 Å². The summed E-state index contributed by atoms with van der Waals surface area (Å²) >= 11 is 0. The molecule has 5 rings (SSSR count). The lowest BCUT2D eigenvalue weighted by molar-refractivity contribution is -0.686. The molecule has 0 N–H and O–H groups in total. The molecule has 0 fully saturated rings. The van der Waals surface area contributed by atoms with Crippen LogP contribution < -0.4 is 4.57 Å². The third-order valence-electron chi connectivity index (χ3n) is 6.66. The van der Waals surface area contributed by atoms with Crippen LogP contribution in [0.15, 0.2) is 91.1 Å². The number of rotatable bonds is 3. The fourth-order valence-corrected chi connectivity index (χ4v) is 4.64. The van der Waals surface area contributed by atoms with Crippen LogP contribution in [0.2, 0.25) is 0 Å². The molecule has 0 saturated carbocycles. The first-order chi connectivity index (χ1) is 14.7. The average molecular weight is 392 g/mol. The standard InChI is InChI=1S/C28H27N2/c1-3-28(2)18-19-30-20-25(21-12-6-4-7-13-21)29-26(22-14-8-5-9-15-22)27(30)23-16-10-11-17-24(23)28/h4-17,20H,3,18-19H2,1-2H3/q+1. The Morgan fingerprint density at radius 2 is 1.47 bits per heavy atom. The van der Waals surface area contributed by atoms with E-state index in [9.17, 15) is 0 Å². The molecule has 0 radical (unpaired) electrons. The molecule has 30 heavy (non-hydrogen) atoms. The Morgan fingerprint density at radius 3 is 2.17 bits per heavy atom. The first kappa shape index (κ1) is 18.7. The van der Waals surface area contributed by atoms with Crippen molar-refractivity contribution in [2.24, 2.45) is 0 Å². The average Bonchev–Trinajstić information content (AvgIpc) is 2.95. The topological polar surface area (TPSA) is 16.8 Å². The maximum atomic E-state index is 5.22. The van der Waals surface area contributed by atoms with Crippen molar-refractivity contribution >= 4 is 0 Å². The Balaban J connectivity index is 1.84. The number of aryl methyl sites for hydroxylation is 1. The van der Waals surface area contributed by atoms with Gasteiger partial charge in [-0.3, -0.25) is 0 Å². The van der Waals surface area contributed by atoms with Gasteiger partial charge in [-0.15, -0.1) is 0 Å². The predicted molar refractivity (Wildman–Crippen MR) is 123 cm³/mol. The van der Waals surface area contributed by atoms with Crippen LogP contribution in [0.1, 0.15) is 32.3 Å². The molecule has 4 aromatic rings. The SMILES string of the molecule is CCC1(C)CC[n+]2cc(-c3ccccc3)nc(-c3ccccc3)c2-c2ccccc21. The maximum absolute atomic E-state index is 5.22. The summed E-state index contributed by atoms with van der Waals surface area (Å²) in [6.45, 7) is 5.70. The van der Waals surface area contributed by atoms with Gasteiger partial charge >= 0.3 is 0 Å². The molecule has 1 aliphatic heterocycles. The summed E-state index contributed by atoms with van der Waals surface area (Å²) in [6.07, 6.45) is 4.48. The quantitative estimate of drug-likeness (QED) is 0.367. The summed E-state index contributed by atoms with van der Waals surface area (Å²) in [5, 5.41) is 0. The molecule has 148 valence electrons. The lowest BCUT2D eigenvalue weighted by Gasteiger charge is -2.27. The number of hydrogen-bond acceptors (Lipinski definition) is 1. The molecule has 2 heteroatoms. The number of aromatic nitrogens is 2. The highest BCUT2D eigenvalue weighted by molar-refractivity contribution is 5.79. The molecule has 2 nitrogen and oxygen atoms in total. The van der Waals surface area contributed by atoms with Gasteiger partial charge in [0.05, 0.1) is 5.56 Å². The number of fused-ring (bicyclic) bond motifs is 3. The highest BCUT2D eigenvalue weighted by Gasteiger charge is 2.37. The monoisotopic (exact) mass is 391 g/mol. The molecular formula is C28H27N2+. The van der Waals surface area contributed by atoms with E-state index >= 15 is 0 Å². The lowest BCUT2D eigenvalue weighted by Crippen LogP contribution is -2.38. The zero-order chi connectivity index (χ0) is 20.6. The van der Waals surface area contributed by atoms with E-state index in [4.69, 9.17) is 4.98 Å². The lowest BCUT2D eigenvalue weighted by atomic mass is 9.75. The van der Waals surface area contributed by atoms with Crippen molar-refractivity contribution in [3.63, 3.8) is 0 Å². The van der Waals surface area contributed by atoms with Gasteiger partial charge in [-0.25, -0.2) is 4.98 Å². The first-order valence-corrected chi connectivity index (χ1v) is 10.8. The summed E-state index contributed by atoms with van der Waals surface area (Å²) in [6, 6.07) is 30.0. The van der Waals surface area contributed by atoms with Crippen LogP contribution in [-0.4, -0.2) is 4.98 Å². The number of benzene rings is 3. The van der Waals surface area contributed by atoms with E-state index in [-0.39, 0.29) is 5.41 Å². The Kier molecular flexibility index (Phi) is 4.71. The summed E-state index contributed by atoms with van der Waals surface area (Å²) in [5.41, 5.74) is 8.53. The maximum Gasteiger partial charge on any atom is 0.239 e. The Morgan fingerprint density at radius 1 is 0.833 bits per heavy atom.